The number of hydrogen-bond acceptors (Lipinski definition) is 2. The first-order valence-corrected chi connectivity index (χ1v) is 8.09. The quantitative estimate of drug-likeness (QED) is 0.639. The molecule has 1 aromatic heterocycles. The second-order valence-corrected chi connectivity index (χ2v) is 6.77. The van der Waals surface area contributed by atoms with Gasteiger partial charge in [-0.3, -0.25) is 0 Å². The maximum atomic E-state index is 6.01. The van der Waals surface area contributed by atoms with Gasteiger partial charge in [0.05, 0.1) is 10.9 Å². The molecule has 0 saturated heterocycles. The molecule has 1 aromatic carbocycles. The number of thiophene rings is 1. The van der Waals surface area contributed by atoms with Gasteiger partial charge in [-0.15, -0.1) is 11.3 Å². The summed E-state index contributed by atoms with van der Waals surface area (Å²) in [5.41, 5.74) is 2.37. The lowest BCUT2D eigenvalue weighted by atomic mass is 10.2. The molecule has 0 aliphatic heterocycles. The van der Waals surface area contributed by atoms with Crippen LogP contribution in [-0.4, -0.2) is 7.05 Å². The molecule has 2 rings (SSSR count). The Kier molecular flexibility index (Phi) is 4.96. The van der Waals surface area contributed by atoms with Crippen LogP contribution in [-0.2, 0) is 11.9 Å². The van der Waals surface area contributed by atoms with Gasteiger partial charge in [-0.2, -0.15) is 0 Å². The lowest BCUT2D eigenvalue weighted by Crippen LogP contribution is -2.16. The fourth-order valence-corrected chi connectivity index (χ4v) is 3.57. The van der Waals surface area contributed by atoms with Crippen molar-refractivity contribution in [1.29, 1.82) is 0 Å². The van der Waals surface area contributed by atoms with Gasteiger partial charge in [0.25, 0.3) is 0 Å². The molecule has 0 aliphatic rings. The van der Waals surface area contributed by atoms with Crippen molar-refractivity contribution in [2.45, 2.75) is 11.9 Å². The van der Waals surface area contributed by atoms with Crippen molar-refractivity contribution in [3.63, 3.8) is 0 Å². The van der Waals surface area contributed by atoms with E-state index in [1.165, 1.54) is 16.1 Å². The van der Waals surface area contributed by atoms with Crippen molar-refractivity contribution in [2.75, 3.05) is 11.9 Å². The Labute approximate surface area is 129 Å². The van der Waals surface area contributed by atoms with Crippen LogP contribution in [0, 0.1) is 0 Å². The van der Waals surface area contributed by atoms with Crippen LogP contribution in [0.3, 0.4) is 0 Å². The molecule has 0 atom stereocenters. The molecule has 0 saturated carbocycles. The van der Waals surface area contributed by atoms with E-state index in [0.717, 1.165) is 21.2 Å². The summed E-state index contributed by atoms with van der Waals surface area (Å²) >= 11 is 17.1. The molecule has 0 radical (unpaired) electrons. The van der Waals surface area contributed by atoms with E-state index in [1.54, 1.807) is 11.3 Å². The summed E-state index contributed by atoms with van der Waals surface area (Å²) in [6, 6.07) is 9.95. The Balaban J connectivity index is 2.20. The van der Waals surface area contributed by atoms with Crippen molar-refractivity contribution in [1.82, 2.24) is 0 Å². The minimum atomic E-state index is 0.765. The Morgan fingerprint density at radius 1 is 1.22 bits per heavy atom. The Morgan fingerprint density at radius 2 is 2.00 bits per heavy atom. The van der Waals surface area contributed by atoms with Crippen molar-refractivity contribution in [3.05, 3.63) is 50.1 Å². The normalized spacial score (nSPS) is 10.7. The number of anilines is 1. The third kappa shape index (κ3) is 3.41. The molecule has 5 heteroatoms. The number of halogens is 3. The summed E-state index contributed by atoms with van der Waals surface area (Å²) in [5, 5.41) is 1.55. The fourth-order valence-electron chi connectivity index (χ4n) is 1.79. The molecule has 0 aliphatic carbocycles. The number of benzene rings is 1. The summed E-state index contributed by atoms with van der Waals surface area (Å²) in [6.07, 6.45) is 0. The van der Waals surface area contributed by atoms with Gasteiger partial charge >= 0.3 is 0 Å². The van der Waals surface area contributed by atoms with Gasteiger partial charge < -0.3 is 4.90 Å². The first-order chi connectivity index (χ1) is 8.60. The minimum Gasteiger partial charge on any atom is -0.369 e. The Morgan fingerprint density at radius 3 is 2.61 bits per heavy atom. The zero-order valence-electron chi connectivity index (χ0n) is 9.79. The lowest BCUT2D eigenvalue weighted by Gasteiger charge is -2.21. The van der Waals surface area contributed by atoms with Crippen LogP contribution in [0.4, 0.5) is 5.69 Å². The molecule has 0 fully saturated rings. The van der Waals surface area contributed by atoms with Gasteiger partial charge in [0.1, 0.15) is 0 Å². The second-order valence-electron chi connectivity index (χ2n) is 3.97. The van der Waals surface area contributed by atoms with Crippen molar-refractivity contribution in [3.8, 4) is 0 Å². The van der Waals surface area contributed by atoms with Crippen molar-refractivity contribution in [2.24, 2.45) is 0 Å². The smallest absolute Gasteiger partial charge is 0.0931 e. The molecule has 1 heterocycles. The zero-order chi connectivity index (χ0) is 13.1. The standard InChI is InChI=1S/C13H12BrCl2NS/c1-17(8-11-3-5-13(16)18-11)12-4-2-10(15)6-9(12)7-14/h2-6H,7-8H2,1H3. The van der Waals surface area contributed by atoms with Gasteiger partial charge in [-0.1, -0.05) is 39.1 Å². The first kappa shape index (κ1) is 14.2. The van der Waals surface area contributed by atoms with Crippen LogP contribution in [0.1, 0.15) is 10.4 Å². The molecule has 0 unspecified atom stereocenters. The summed E-state index contributed by atoms with van der Waals surface area (Å²) in [5.74, 6) is 0. The van der Waals surface area contributed by atoms with Gasteiger partial charge in [0, 0.05) is 28.0 Å². The molecule has 2 aromatic rings. The van der Waals surface area contributed by atoms with E-state index >= 15 is 0 Å². The monoisotopic (exact) mass is 363 g/mol. The maximum Gasteiger partial charge on any atom is 0.0931 e. The fraction of sp³-hybridized carbons (Fsp3) is 0.231. The van der Waals surface area contributed by atoms with Crippen molar-refractivity contribution >= 4 is 56.2 Å². The van der Waals surface area contributed by atoms with E-state index in [2.05, 4.69) is 33.9 Å². The third-order valence-corrected chi connectivity index (χ3v) is 4.67. The van der Waals surface area contributed by atoms with E-state index in [-0.39, 0.29) is 0 Å². The summed E-state index contributed by atoms with van der Waals surface area (Å²) in [7, 11) is 2.07. The van der Waals surface area contributed by atoms with E-state index in [9.17, 15) is 0 Å². The lowest BCUT2D eigenvalue weighted by molar-refractivity contribution is 0.933. The molecular formula is C13H12BrCl2NS. The first-order valence-electron chi connectivity index (χ1n) is 5.40. The third-order valence-electron chi connectivity index (χ3n) is 2.62. The molecule has 0 N–H and O–H groups in total. The molecule has 0 spiro atoms. The van der Waals surface area contributed by atoms with Crippen LogP contribution in [0.25, 0.3) is 0 Å². The van der Waals surface area contributed by atoms with E-state index in [1.807, 2.05) is 24.3 Å². The van der Waals surface area contributed by atoms with Gasteiger partial charge in [0.2, 0.25) is 0 Å². The molecule has 96 valence electrons. The second kappa shape index (κ2) is 6.29. The molecular weight excluding hydrogens is 353 g/mol. The molecule has 0 bridgehead atoms. The molecule has 1 nitrogen and oxygen atoms in total. The van der Waals surface area contributed by atoms with Gasteiger partial charge in [-0.05, 0) is 35.9 Å². The Hall–Kier alpha value is -0.220. The molecule has 0 amide bonds. The summed E-state index contributed by atoms with van der Waals surface area (Å²) < 4.78 is 0.829. The molecule has 18 heavy (non-hydrogen) atoms. The highest BCUT2D eigenvalue weighted by atomic mass is 79.9. The van der Waals surface area contributed by atoms with Crippen LogP contribution in [0.5, 0.6) is 0 Å². The van der Waals surface area contributed by atoms with Crippen LogP contribution >= 0.6 is 50.5 Å². The largest absolute Gasteiger partial charge is 0.369 e. The highest BCUT2D eigenvalue weighted by Gasteiger charge is 2.09. The predicted molar refractivity (Wildman–Crippen MR) is 85.5 cm³/mol. The average Bonchev–Trinajstić information content (AvgIpc) is 2.74. The van der Waals surface area contributed by atoms with E-state index in [4.69, 9.17) is 23.2 Å². The van der Waals surface area contributed by atoms with Crippen LogP contribution in [0.15, 0.2) is 30.3 Å². The average molecular weight is 365 g/mol. The van der Waals surface area contributed by atoms with Crippen molar-refractivity contribution < 1.29 is 0 Å². The maximum absolute atomic E-state index is 6.01. The minimum absolute atomic E-state index is 0.765. The SMILES string of the molecule is CN(Cc1ccc(Cl)s1)c1ccc(Cl)cc1CBr. The number of hydrogen-bond donors (Lipinski definition) is 0. The van der Waals surface area contributed by atoms with E-state index in [0.29, 0.717) is 0 Å². The Bertz CT molecular complexity index is 542. The number of rotatable bonds is 4. The number of nitrogens with zero attached hydrogens (tertiary/aromatic N) is 1. The zero-order valence-corrected chi connectivity index (χ0v) is 13.7. The topological polar surface area (TPSA) is 3.24 Å². The van der Waals surface area contributed by atoms with E-state index < -0.39 is 0 Å². The number of alkyl halides is 1. The predicted octanol–water partition coefficient (Wildman–Crippen LogP) is 5.59. The summed E-state index contributed by atoms with van der Waals surface area (Å²) in [4.78, 5) is 3.45. The van der Waals surface area contributed by atoms with Crippen LogP contribution < -0.4 is 4.90 Å². The van der Waals surface area contributed by atoms with Gasteiger partial charge in [-0.25, -0.2) is 0 Å². The summed E-state index contributed by atoms with van der Waals surface area (Å²) in [6.45, 7) is 0.846. The highest BCUT2D eigenvalue weighted by Crippen LogP contribution is 2.28. The van der Waals surface area contributed by atoms with Crippen LogP contribution in [0.2, 0.25) is 9.36 Å². The van der Waals surface area contributed by atoms with Gasteiger partial charge in [0.15, 0.2) is 0 Å². The highest BCUT2D eigenvalue weighted by molar-refractivity contribution is 9.08.